The fraction of sp³-hybridized carbons (Fsp3) is 0.523. The molecule has 2 amide bonds. The SMILES string of the molecule is CCn1c(-c2cccnc2C(C)OC)c(CC(C)(C)COC)c2cc(-c3cc(O)cc(CC(NC(=O)C(C(C)C)N(C)C)C(=O)N4CCCCN4)c3)ccc21. The molecule has 3 unspecified atom stereocenters. The van der Waals surface area contributed by atoms with Gasteiger partial charge in [0.1, 0.15) is 11.8 Å². The van der Waals surface area contributed by atoms with Gasteiger partial charge >= 0.3 is 0 Å². The van der Waals surface area contributed by atoms with Gasteiger partial charge in [-0.3, -0.25) is 24.5 Å². The number of aryl methyl sites for hydroxylation is 1. The van der Waals surface area contributed by atoms with Crippen LogP contribution in [0.3, 0.4) is 0 Å². The van der Waals surface area contributed by atoms with Gasteiger partial charge in [-0.15, -0.1) is 0 Å². The van der Waals surface area contributed by atoms with Gasteiger partial charge in [0.25, 0.3) is 5.91 Å². The summed E-state index contributed by atoms with van der Waals surface area (Å²) in [4.78, 5) is 34.4. The average Bonchev–Trinajstić information content (AvgIpc) is 3.45. The summed E-state index contributed by atoms with van der Waals surface area (Å²) in [6.45, 7) is 15.3. The monoisotopic (exact) mass is 754 g/mol. The number of hydrogen-bond donors (Lipinski definition) is 3. The second-order valence-electron chi connectivity index (χ2n) is 16.3. The van der Waals surface area contributed by atoms with Crippen molar-refractivity contribution in [2.75, 3.05) is 48.0 Å². The molecule has 1 aliphatic heterocycles. The van der Waals surface area contributed by atoms with Crippen LogP contribution in [0.15, 0.2) is 54.7 Å². The van der Waals surface area contributed by atoms with Gasteiger partial charge in [-0.2, -0.15) is 0 Å². The summed E-state index contributed by atoms with van der Waals surface area (Å²) in [5.74, 6) is -0.244. The molecule has 1 saturated heterocycles. The molecule has 11 heteroatoms. The van der Waals surface area contributed by atoms with Crippen LogP contribution in [0.1, 0.15) is 77.3 Å². The number of phenolic OH excluding ortho intramolecular Hbond substituents is 1. The maximum absolute atomic E-state index is 14.0. The third kappa shape index (κ3) is 9.57. The minimum absolute atomic E-state index is 0.0438. The molecule has 55 heavy (non-hydrogen) atoms. The molecule has 3 atom stereocenters. The zero-order valence-corrected chi connectivity index (χ0v) is 34.5. The van der Waals surface area contributed by atoms with Gasteiger partial charge in [-0.05, 0) is 117 Å². The lowest BCUT2D eigenvalue weighted by molar-refractivity contribution is -0.141. The summed E-state index contributed by atoms with van der Waals surface area (Å²) in [7, 11) is 7.21. The molecule has 5 rings (SSSR count). The topological polar surface area (TPSA) is 121 Å². The van der Waals surface area contributed by atoms with Gasteiger partial charge in [-0.1, -0.05) is 39.8 Å². The van der Waals surface area contributed by atoms with Crippen LogP contribution >= 0.6 is 0 Å². The van der Waals surface area contributed by atoms with Crippen LogP contribution in [0.2, 0.25) is 0 Å². The Morgan fingerprint density at radius 3 is 2.45 bits per heavy atom. The Labute approximate surface area is 327 Å². The number of hydrazine groups is 1. The first-order valence-corrected chi connectivity index (χ1v) is 19.7. The van der Waals surface area contributed by atoms with E-state index in [2.05, 4.69) is 60.3 Å². The Kier molecular flexibility index (Phi) is 13.8. The summed E-state index contributed by atoms with van der Waals surface area (Å²) < 4.78 is 13.8. The number of nitrogens with one attached hydrogen (secondary N) is 2. The fourth-order valence-corrected chi connectivity index (χ4v) is 8.24. The summed E-state index contributed by atoms with van der Waals surface area (Å²) in [5.41, 5.74) is 10.9. The van der Waals surface area contributed by atoms with Crippen molar-refractivity contribution in [3.63, 3.8) is 0 Å². The molecule has 0 saturated carbocycles. The Morgan fingerprint density at radius 2 is 1.82 bits per heavy atom. The molecule has 2 aromatic heterocycles. The average molecular weight is 755 g/mol. The number of carbonyl (C=O) groups excluding carboxylic acids is 2. The third-order valence-electron chi connectivity index (χ3n) is 10.7. The van der Waals surface area contributed by atoms with Crippen molar-refractivity contribution in [2.24, 2.45) is 11.3 Å². The molecule has 4 aromatic rings. The molecule has 298 valence electrons. The van der Waals surface area contributed by atoms with Crippen LogP contribution < -0.4 is 10.7 Å². The standard InChI is InChI=1S/C44H62N6O5/c1-11-49-38-17-16-31(25-35(38)36(26-44(5,6)27-54-9)41(49)34-15-14-18-45-39(34)29(4)55-10)32-21-30(22-33(51)24-32)23-37(43(53)50-20-13-12-19-46-50)47-42(52)40(28(2)3)48(7)8/h14-18,21-22,24-25,28-29,37,40,46,51H,11-13,19-20,23,26-27H2,1-10H3,(H,47,52). The van der Waals surface area contributed by atoms with Gasteiger partial charge in [0.15, 0.2) is 0 Å². The quantitative estimate of drug-likeness (QED) is 0.115. The van der Waals surface area contributed by atoms with Crippen molar-refractivity contribution in [2.45, 2.75) is 92.0 Å². The fourth-order valence-electron chi connectivity index (χ4n) is 8.24. The zero-order chi connectivity index (χ0) is 40.0. The number of fused-ring (bicyclic) bond motifs is 1. The number of methoxy groups -OCH3 is 2. The number of phenols is 1. The molecule has 0 spiro atoms. The highest BCUT2D eigenvalue weighted by Crippen LogP contribution is 2.42. The van der Waals surface area contributed by atoms with E-state index >= 15 is 0 Å². The van der Waals surface area contributed by atoms with Crippen LogP contribution in [0.25, 0.3) is 33.3 Å². The van der Waals surface area contributed by atoms with Crippen molar-refractivity contribution in [3.05, 3.63) is 71.5 Å². The first-order chi connectivity index (χ1) is 26.2. The predicted octanol–water partition coefficient (Wildman–Crippen LogP) is 6.76. The molecular weight excluding hydrogens is 693 g/mol. The molecular formula is C44H62N6O5. The van der Waals surface area contributed by atoms with Crippen LogP contribution in [0.4, 0.5) is 0 Å². The van der Waals surface area contributed by atoms with E-state index in [0.29, 0.717) is 19.7 Å². The maximum atomic E-state index is 14.0. The second kappa shape index (κ2) is 18.1. The van der Waals surface area contributed by atoms with E-state index in [0.717, 1.165) is 70.4 Å². The number of nitrogens with zero attached hydrogens (tertiary/aromatic N) is 4. The number of benzene rings is 2. The normalized spacial score (nSPS) is 15.5. The minimum atomic E-state index is -0.824. The van der Waals surface area contributed by atoms with E-state index in [4.69, 9.17) is 14.5 Å². The summed E-state index contributed by atoms with van der Waals surface area (Å²) in [6.07, 6.45) is 4.47. The molecule has 3 heterocycles. The van der Waals surface area contributed by atoms with Crippen LogP contribution in [-0.4, -0.2) is 96.5 Å². The van der Waals surface area contributed by atoms with Crippen molar-refractivity contribution in [1.29, 1.82) is 0 Å². The Balaban J connectivity index is 1.62. The number of rotatable bonds is 16. The van der Waals surface area contributed by atoms with E-state index in [1.54, 1.807) is 31.4 Å². The number of amides is 2. The number of pyridine rings is 1. The van der Waals surface area contributed by atoms with E-state index < -0.39 is 12.1 Å². The highest BCUT2D eigenvalue weighted by atomic mass is 16.5. The molecule has 1 fully saturated rings. The van der Waals surface area contributed by atoms with E-state index in [1.807, 2.05) is 58.1 Å². The molecule has 3 N–H and O–H groups in total. The highest BCUT2D eigenvalue weighted by Gasteiger charge is 2.33. The lowest BCUT2D eigenvalue weighted by Crippen LogP contribution is -2.58. The minimum Gasteiger partial charge on any atom is -0.508 e. The van der Waals surface area contributed by atoms with Crippen LogP contribution in [-0.2, 0) is 38.4 Å². The van der Waals surface area contributed by atoms with Crippen molar-refractivity contribution >= 4 is 22.7 Å². The smallest absolute Gasteiger partial charge is 0.259 e. The van der Waals surface area contributed by atoms with Crippen LogP contribution in [0, 0.1) is 11.3 Å². The Morgan fingerprint density at radius 1 is 1.05 bits per heavy atom. The maximum Gasteiger partial charge on any atom is 0.259 e. The number of hydrogen-bond acceptors (Lipinski definition) is 8. The Bertz CT molecular complexity index is 1940. The van der Waals surface area contributed by atoms with Gasteiger partial charge in [-0.25, -0.2) is 5.43 Å². The van der Waals surface area contributed by atoms with Crippen molar-refractivity contribution < 1.29 is 24.2 Å². The second-order valence-corrected chi connectivity index (χ2v) is 16.3. The van der Waals surface area contributed by atoms with E-state index in [1.165, 1.54) is 5.56 Å². The molecule has 0 bridgehead atoms. The number of likely N-dealkylation sites (N-methyl/N-ethyl adjacent to an activating group) is 1. The zero-order valence-electron chi connectivity index (χ0n) is 34.5. The van der Waals surface area contributed by atoms with Gasteiger partial charge < -0.3 is 24.5 Å². The van der Waals surface area contributed by atoms with E-state index in [-0.39, 0.29) is 41.4 Å². The van der Waals surface area contributed by atoms with Gasteiger partial charge in [0, 0.05) is 62.9 Å². The highest BCUT2D eigenvalue weighted by molar-refractivity contribution is 5.95. The lowest BCUT2D eigenvalue weighted by Gasteiger charge is -2.33. The third-order valence-corrected chi connectivity index (χ3v) is 10.7. The summed E-state index contributed by atoms with van der Waals surface area (Å²) in [6, 6.07) is 14.8. The predicted molar refractivity (Wildman–Crippen MR) is 220 cm³/mol. The summed E-state index contributed by atoms with van der Waals surface area (Å²) >= 11 is 0. The first-order valence-electron chi connectivity index (χ1n) is 19.7. The van der Waals surface area contributed by atoms with Gasteiger partial charge in [0.05, 0.1) is 30.1 Å². The number of ether oxygens (including phenoxy) is 2. The lowest BCUT2D eigenvalue weighted by atomic mass is 9.84. The van der Waals surface area contributed by atoms with Crippen LogP contribution in [0.5, 0.6) is 5.75 Å². The van der Waals surface area contributed by atoms with Crippen molar-refractivity contribution in [3.8, 4) is 28.1 Å². The molecule has 1 aliphatic rings. The molecule has 2 aromatic carbocycles. The summed E-state index contributed by atoms with van der Waals surface area (Å²) in [5, 5.41) is 17.0. The molecule has 11 nitrogen and oxygen atoms in total. The van der Waals surface area contributed by atoms with Gasteiger partial charge in [0.2, 0.25) is 5.91 Å². The number of aromatic nitrogens is 2. The van der Waals surface area contributed by atoms with E-state index in [9.17, 15) is 14.7 Å². The molecule has 0 radical (unpaired) electrons. The van der Waals surface area contributed by atoms with Crippen molar-refractivity contribution in [1.82, 2.24) is 30.2 Å². The number of aromatic hydroxyl groups is 1. The largest absolute Gasteiger partial charge is 0.508 e. The Hall–Kier alpha value is -4.29. The number of carbonyl (C=O) groups is 2. The first kappa shape index (κ1) is 41.9. The molecule has 0 aliphatic carbocycles.